The number of benzene rings is 2. The van der Waals surface area contributed by atoms with Crippen molar-refractivity contribution < 1.29 is 19.7 Å². The average Bonchev–Trinajstić information content (AvgIpc) is 2.65. The second-order valence-corrected chi connectivity index (χ2v) is 6.92. The molecular formula is C22H30O4. The van der Waals surface area contributed by atoms with Crippen LogP contribution in [0.3, 0.4) is 0 Å². The molecule has 142 valence electrons. The van der Waals surface area contributed by atoms with E-state index in [4.69, 9.17) is 9.47 Å². The van der Waals surface area contributed by atoms with E-state index in [1.807, 2.05) is 6.07 Å². The predicted octanol–water partition coefficient (Wildman–Crippen LogP) is 4.98. The standard InChI is InChI=1S/C22H30O4/c1-5-16(4)18-7-9-21(19(13-18)15(2)3)25-10-11-26-22-12-17(14-23)6-8-20(22)24/h6-9,12-13,15-16,23-24H,5,10-11,14H2,1-4H3. The average molecular weight is 358 g/mol. The van der Waals surface area contributed by atoms with Crippen LogP contribution in [0.15, 0.2) is 36.4 Å². The zero-order valence-corrected chi connectivity index (χ0v) is 16.2. The molecule has 0 amide bonds. The van der Waals surface area contributed by atoms with E-state index < -0.39 is 0 Å². The number of aliphatic hydroxyl groups is 1. The molecule has 0 saturated carbocycles. The zero-order valence-electron chi connectivity index (χ0n) is 16.2. The predicted molar refractivity (Wildman–Crippen MR) is 104 cm³/mol. The molecule has 0 aliphatic rings. The molecule has 0 heterocycles. The maximum atomic E-state index is 9.82. The molecule has 0 fully saturated rings. The number of hydrogen-bond acceptors (Lipinski definition) is 4. The van der Waals surface area contributed by atoms with Crippen LogP contribution in [0.25, 0.3) is 0 Å². The molecule has 0 aromatic heterocycles. The highest BCUT2D eigenvalue weighted by molar-refractivity contribution is 5.42. The third-order valence-corrected chi connectivity index (χ3v) is 4.64. The van der Waals surface area contributed by atoms with Crippen molar-refractivity contribution in [3.8, 4) is 17.2 Å². The number of phenols is 1. The fourth-order valence-electron chi connectivity index (χ4n) is 2.77. The number of ether oxygens (including phenoxy) is 2. The molecule has 0 aliphatic heterocycles. The molecule has 0 saturated heterocycles. The molecule has 2 N–H and O–H groups in total. The van der Waals surface area contributed by atoms with Gasteiger partial charge in [0.2, 0.25) is 0 Å². The van der Waals surface area contributed by atoms with Crippen molar-refractivity contribution in [2.24, 2.45) is 0 Å². The smallest absolute Gasteiger partial charge is 0.161 e. The van der Waals surface area contributed by atoms with Crippen molar-refractivity contribution in [2.75, 3.05) is 13.2 Å². The van der Waals surface area contributed by atoms with Crippen molar-refractivity contribution in [1.29, 1.82) is 0 Å². The Kier molecular flexibility index (Phi) is 7.34. The highest BCUT2D eigenvalue weighted by Crippen LogP contribution is 2.31. The Morgan fingerprint density at radius 3 is 2.23 bits per heavy atom. The van der Waals surface area contributed by atoms with Gasteiger partial charge in [-0.05, 0) is 53.1 Å². The van der Waals surface area contributed by atoms with Gasteiger partial charge in [-0.15, -0.1) is 0 Å². The lowest BCUT2D eigenvalue weighted by Gasteiger charge is -2.18. The first-order chi connectivity index (χ1) is 12.5. The maximum Gasteiger partial charge on any atom is 0.161 e. The van der Waals surface area contributed by atoms with Crippen LogP contribution in [-0.2, 0) is 6.61 Å². The van der Waals surface area contributed by atoms with E-state index in [1.54, 1.807) is 12.1 Å². The molecule has 2 rings (SSSR count). The molecule has 26 heavy (non-hydrogen) atoms. The van der Waals surface area contributed by atoms with Gasteiger partial charge in [0.1, 0.15) is 19.0 Å². The van der Waals surface area contributed by atoms with Crippen LogP contribution in [0, 0.1) is 0 Å². The minimum absolute atomic E-state index is 0.0583. The molecule has 0 spiro atoms. The molecule has 2 aromatic rings. The summed E-state index contributed by atoms with van der Waals surface area (Å²) in [6.07, 6.45) is 1.11. The summed E-state index contributed by atoms with van der Waals surface area (Å²) >= 11 is 0. The van der Waals surface area contributed by atoms with Crippen molar-refractivity contribution in [1.82, 2.24) is 0 Å². The van der Waals surface area contributed by atoms with Crippen LogP contribution in [0.5, 0.6) is 17.2 Å². The first kappa shape index (κ1) is 20.1. The highest BCUT2D eigenvalue weighted by atomic mass is 16.5. The van der Waals surface area contributed by atoms with E-state index in [2.05, 4.69) is 39.8 Å². The largest absolute Gasteiger partial charge is 0.504 e. The summed E-state index contributed by atoms with van der Waals surface area (Å²) < 4.78 is 11.5. The molecule has 0 radical (unpaired) electrons. The van der Waals surface area contributed by atoms with Crippen LogP contribution in [0.2, 0.25) is 0 Å². The Hall–Kier alpha value is -2.20. The minimum Gasteiger partial charge on any atom is -0.504 e. The van der Waals surface area contributed by atoms with Gasteiger partial charge in [-0.25, -0.2) is 0 Å². The van der Waals surface area contributed by atoms with Gasteiger partial charge in [-0.1, -0.05) is 45.9 Å². The lowest BCUT2D eigenvalue weighted by atomic mass is 9.93. The summed E-state index contributed by atoms with van der Waals surface area (Å²) in [6.45, 7) is 9.37. The zero-order chi connectivity index (χ0) is 19.1. The van der Waals surface area contributed by atoms with Crippen LogP contribution in [0.4, 0.5) is 0 Å². The second kappa shape index (κ2) is 9.48. The van der Waals surface area contributed by atoms with Gasteiger partial charge in [-0.2, -0.15) is 0 Å². The molecule has 2 aromatic carbocycles. The highest BCUT2D eigenvalue weighted by Gasteiger charge is 2.12. The third kappa shape index (κ3) is 5.15. The molecular weight excluding hydrogens is 328 g/mol. The maximum absolute atomic E-state index is 9.82. The van der Waals surface area contributed by atoms with E-state index in [9.17, 15) is 10.2 Å². The monoisotopic (exact) mass is 358 g/mol. The fourth-order valence-corrected chi connectivity index (χ4v) is 2.77. The lowest BCUT2D eigenvalue weighted by molar-refractivity contribution is 0.210. The van der Waals surface area contributed by atoms with Gasteiger partial charge in [0.15, 0.2) is 11.5 Å². The molecule has 1 atom stereocenters. The van der Waals surface area contributed by atoms with E-state index in [0.717, 1.165) is 12.2 Å². The van der Waals surface area contributed by atoms with Gasteiger partial charge in [0, 0.05) is 0 Å². The summed E-state index contributed by atoms with van der Waals surface area (Å²) in [5.41, 5.74) is 3.24. The summed E-state index contributed by atoms with van der Waals surface area (Å²) in [5.74, 6) is 2.20. The Labute approximate surface area is 156 Å². The van der Waals surface area contributed by atoms with E-state index in [1.165, 1.54) is 17.2 Å². The topological polar surface area (TPSA) is 58.9 Å². The van der Waals surface area contributed by atoms with Gasteiger partial charge in [-0.3, -0.25) is 0 Å². The molecule has 0 bridgehead atoms. The van der Waals surface area contributed by atoms with Gasteiger partial charge >= 0.3 is 0 Å². The molecule has 1 unspecified atom stereocenters. The summed E-state index contributed by atoms with van der Waals surface area (Å²) in [5, 5.41) is 19.0. The Morgan fingerprint density at radius 1 is 0.923 bits per heavy atom. The van der Waals surface area contributed by atoms with Gasteiger partial charge < -0.3 is 19.7 Å². The van der Waals surface area contributed by atoms with Crippen molar-refractivity contribution in [3.05, 3.63) is 53.1 Å². The lowest BCUT2D eigenvalue weighted by Crippen LogP contribution is -2.11. The first-order valence-electron chi connectivity index (χ1n) is 9.28. The Balaban J connectivity index is 1.99. The number of phenolic OH excluding ortho intramolecular Hbond substituents is 1. The fraction of sp³-hybridized carbons (Fsp3) is 0.455. The minimum atomic E-state index is -0.0899. The summed E-state index contributed by atoms with van der Waals surface area (Å²) in [4.78, 5) is 0. The van der Waals surface area contributed by atoms with Crippen molar-refractivity contribution in [2.45, 2.75) is 52.6 Å². The van der Waals surface area contributed by atoms with Crippen molar-refractivity contribution in [3.63, 3.8) is 0 Å². The quantitative estimate of drug-likeness (QED) is 0.621. The Morgan fingerprint density at radius 2 is 1.62 bits per heavy atom. The summed E-state index contributed by atoms with van der Waals surface area (Å²) in [7, 11) is 0. The number of hydrogen-bond donors (Lipinski definition) is 2. The van der Waals surface area contributed by atoms with Crippen LogP contribution in [-0.4, -0.2) is 23.4 Å². The van der Waals surface area contributed by atoms with E-state index in [0.29, 0.717) is 36.4 Å². The van der Waals surface area contributed by atoms with Crippen LogP contribution < -0.4 is 9.47 Å². The van der Waals surface area contributed by atoms with E-state index in [-0.39, 0.29) is 12.4 Å². The number of aromatic hydroxyl groups is 1. The van der Waals surface area contributed by atoms with Gasteiger partial charge in [0.25, 0.3) is 0 Å². The van der Waals surface area contributed by atoms with E-state index >= 15 is 0 Å². The van der Waals surface area contributed by atoms with Gasteiger partial charge in [0.05, 0.1) is 6.61 Å². The van der Waals surface area contributed by atoms with Crippen LogP contribution >= 0.6 is 0 Å². The van der Waals surface area contributed by atoms with Crippen molar-refractivity contribution >= 4 is 0 Å². The molecule has 4 nitrogen and oxygen atoms in total. The number of rotatable bonds is 9. The SMILES string of the molecule is CCC(C)c1ccc(OCCOc2cc(CO)ccc2O)c(C(C)C)c1. The Bertz CT molecular complexity index is 709. The molecule has 0 aliphatic carbocycles. The third-order valence-electron chi connectivity index (χ3n) is 4.64. The first-order valence-corrected chi connectivity index (χ1v) is 9.28. The molecule has 4 heteroatoms. The summed E-state index contributed by atoms with van der Waals surface area (Å²) in [6, 6.07) is 11.2. The van der Waals surface area contributed by atoms with Crippen LogP contribution in [0.1, 0.15) is 62.6 Å². The second-order valence-electron chi connectivity index (χ2n) is 6.92. The number of aliphatic hydroxyl groups excluding tert-OH is 1. The normalized spacial score (nSPS) is 12.2.